The summed E-state index contributed by atoms with van der Waals surface area (Å²) >= 11 is 2.29. The molecule has 3 heteroatoms. The van der Waals surface area contributed by atoms with Gasteiger partial charge in [-0.1, -0.05) is 45.8 Å². The van der Waals surface area contributed by atoms with Crippen LogP contribution in [0.5, 0.6) is 0 Å². The molecule has 0 radical (unpaired) electrons. The molecular formula is C28H47IO2. The zero-order chi connectivity index (χ0) is 22.7. The highest BCUT2D eigenvalue weighted by Crippen LogP contribution is 2.67. The van der Waals surface area contributed by atoms with Crippen molar-refractivity contribution in [3.05, 3.63) is 11.6 Å². The molecule has 0 aromatic heterocycles. The van der Waals surface area contributed by atoms with Gasteiger partial charge >= 0.3 is 0 Å². The largest absolute Gasteiger partial charge is 0.390 e. The van der Waals surface area contributed by atoms with Crippen molar-refractivity contribution in [3.8, 4) is 0 Å². The van der Waals surface area contributed by atoms with Crippen LogP contribution in [0.3, 0.4) is 0 Å². The van der Waals surface area contributed by atoms with Gasteiger partial charge in [-0.3, -0.25) is 0 Å². The molecule has 0 bridgehead atoms. The number of halogens is 1. The van der Waals surface area contributed by atoms with Crippen LogP contribution < -0.4 is 0 Å². The lowest BCUT2D eigenvalue weighted by Gasteiger charge is -2.59. The molecule has 0 aromatic rings. The van der Waals surface area contributed by atoms with Crippen molar-refractivity contribution in [2.24, 2.45) is 40.4 Å². The Hall–Kier alpha value is 0.390. The van der Waals surface area contributed by atoms with E-state index in [-0.39, 0.29) is 0 Å². The maximum absolute atomic E-state index is 10.7. The van der Waals surface area contributed by atoms with E-state index in [0.717, 1.165) is 62.2 Å². The van der Waals surface area contributed by atoms with Gasteiger partial charge in [0.05, 0.1) is 5.60 Å². The van der Waals surface area contributed by atoms with E-state index >= 15 is 0 Å². The monoisotopic (exact) mass is 542 g/mol. The molecule has 3 unspecified atom stereocenters. The number of hydrogen-bond donors (Lipinski definition) is 2. The van der Waals surface area contributed by atoms with Crippen molar-refractivity contribution < 1.29 is 10.2 Å². The summed E-state index contributed by atoms with van der Waals surface area (Å²) in [7, 11) is 0. The minimum absolute atomic E-state index is 0.327. The predicted octanol–water partition coefficient (Wildman–Crippen LogP) is 7.66. The van der Waals surface area contributed by atoms with Gasteiger partial charge in [-0.15, -0.1) is 0 Å². The van der Waals surface area contributed by atoms with Gasteiger partial charge in [-0.05, 0) is 141 Å². The molecular weight excluding hydrogens is 495 g/mol. The third-order valence-electron chi connectivity index (χ3n) is 10.8. The van der Waals surface area contributed by atoms with Gasteiger partial charge in [0.2, 0.25) is 0 Å². The number of hydrogen-bond acceptors (Lipinski definition) is 2. The highest BCUT2D eigenvalue weighted by atomic mass is 127. The van der Waals surface area contributed by atoms with Gasteiger partial charge in [0.15, 0.2) is 0 Å². The van der Waals surface area contributed by atoms with E-state index in [4.69, 9.17) is 0 Å². The van der Waals surface area contributed by atoms with E-state index in [1.165, 1.54) is 38.5 Å². The fourth-order valence-electron chi connectivity index (χ4n) is 8.94. The van der Waals surface area contributed by atoms with Gasteiger partial charge in [-0.2, -0.15) is 0 Å². The van der Waals surface area contributed by atoms with Crippen molar-refractivity contribution in [3.63, 3.8) is 0 Å². The molecule has 0 aliphatic heterocycles. The second-order valence-electron chi connectivity index (χ2n) is 12.8. The lowest BCUT2D eigenvalue weighted by atomic mass is 9.46. The smallest absolute Gasteiger partial charge is 0.115 e. The van der Waals surface area contributed by atoms with Crippen molar-refractivity contribution in [2.75, 3.05) is 0 Å². The summed E-state index contributed by atoms with van der Waals surface area (Å²) < 4.78 is -0.515. The fourth-order valence-corrected chi connectivity index (χ4v) is 9.79. The Morgan fingerprint density at radius 2 is 1.84 bits per heavy atom. The van der Waals surface area contributed by atoms with Gasteiger partial charge in [0.25, 0.3) is 0 Å². The van der Waals surface area contributed by atoms with Crippen LogP contribution in [0, 0.1) is 40.4 Å². The van der Waals surface area contributed by atoms with E-state index < -0.39 is 9.21 Å². The average molecular weight is 543 g/mol. The first-order chi connectivity index (χ1) is 14.4. The summed E-state index contributed by atoms with van der Waals surface area (Å²) in [5, 5.41) is 21.4. The number of allylic oxidation sites excluding steroid dienone is 1. The molecule has 0 heterocycles. The lowest BCUT2D eigenvalue weighted by molar-refractivity contribution is -0.0709. The Bertz CT molecular complexity index is 697. The van der Waals surface area contributed by atoms with Crippen LogP contribution in [0.1, 0.15) is 112 Å². The van der Waals surface area contributed by atoms with Crippen molar-refractivity contribution >= 4 is 22.6 Å². The second-order valence-corrected chi connectivity index (χ2v) is 14.9. The molecule has 3 fully saturated rings. The maximum atomic E-state index is 10.7. The van der Waals surface area contributed by atoms with Crippen LogP contribution in [0.15, 0.2) is 11.6 Å². The minimum Gasteiger partial charge on any atom is -0.390 e. The highest BCUT2D eigenvalue weighted by Gasteiger charge is 2.59. The van der Waals surface area contributed by atoms with E-state index in [1.54, 1.807) is 5.57 Å². The third-order valence-corrected chi connectivity index (χ3v) is 11.8. The SMILES string of the molecule is CCCC(O)(I)CC[C@@H](C)[C@H]1CCC2[C@@H]3CC=C4C[C@@](C)(O)CC[C@]4(C)C3CC[C@@]21C. The van der Waals surface area contributed by atoms with E-state index in [1.807, 2.05) is 6.92 Å². The molecule has 178 valence electrons. The zero-order valence-corrected chi connectivity index (χ0v) is 22.9. The summed E-state index contributed by atoms with van der Waals surface area (Å²) in [5.74, 6) is 4.05. The Morgan fingerprint density at radius 1 is 1.10 bits per heavy atom. The Morgan fingerprint density at radius 3 is 2.55 bits per heavy atom. The molecule has 0 amide bonds. The van der Waals surface area contributed by atoms with Gasteiger partial charge in [-0.25, -0.2) is 0 Å². The lowest BCUT2D eigenvalue weighted by Crippen LogP contribution is -2.52. The van der Waals surface area contributed by atoms with E-state index in [9.17, 15) is 10.2 Å². The first kappa shape index (κ1) is 24.5. The zero-order valence-electron chi connectivity index (χ0n) is 20.7. The summed E-state index contributed by atoms with van der Waals surface area (Å²) in [6, 6.07) is 0. The molecule has 0 saturated heterocycles. The Balaban J connectivity index is 1.48. The molecule has 0 spiro atoms. The van der Waals surface area contributed by atoms with Gasteiger partial charge < -0.3 is 10.2 Å². The van der Waals surface area contributed by atoms with Crippen molar-refractivity contribution in [1.82, 2.24) is 0 Å². The molecule has 0 aromatic carbocycles. The van der Waals surface area contributed by atoms with Crippen molar-refractivity contribution in [1.29, 1.82) is 0 Å². The maximum Gasteiger partial charge on any atom is 0.115 e. The van der Waals surface area contributed by atoms with E-state index in [2.05, 4.69) is 56.4 Å². The van der Waals surface area contributed by atoms with Crippen LogP contribution in [0.2, 0.25) is 0 Å². The quantitative estimate of drug-likeness (QED) is 0.206. The van der Waals surface area contributed by atoms with Crippen molar-refractivity contribution in [2.45, 2.75) is 121 Å². The highest BCUT2D eigenvalue weighted by molar-refractivity contribution is 14.1. The number of rotatable bonds is 6. The normalized spacial score (nSPS) is 47.5. The van der Waals surface area contributed by atoms with Crippen LogP contribution >= 0.6 is 22.6 Å². The molecule has 2 nitrogen and oxygen atoms in total. The van der Waals surface area contributed by atoms with Crippen LogP contribution in [-0.2, 0) is 0 Å². The fraction of sp³-hybridized carbons (Fsp3) is 0.929. The molecule has 4 rings (SSSR count). The van der Waals surface area contributed by atoms with Gasteiger partial charge in [0.1, 0.15) is 3.61 Å². The van der Waals surface area contributed by atoms with E-state index in [0.29, 0.717) is 16.7 Å². The van der Waals surface area contributed by atoms with Crippen LogP contribution in [-0.4, -0.2) is 19.4 Å². The third kappa shape index (κ3) is 4.43. The predicted molar refractivity (Wildman–Crippen MR) is 138 cm³/mol. The Labute approximate surface area is 205 Å². The molecule has 9 atom stereocenters. The molecule has 2 N–H and O–H groups in total. The number of aliphatic hydroxyl groups is 2. The standard InChI is InChI=1S/C28H47IO2/c1-6-13-28(29,31)15-11-19(2)22-9-10-23-21-8-7-20-18-25(3,30)16-17-26(20,4)24(21)12-14-27(22,23)5/h7,19,21-24,30-31H,6,8-18H2,1-5H3/t19-,21+,22-,23?,24?,25+,26+,27-,28?/m1/s1. The molecule has 4 aliphatic rings. The number of alkyl halides is 1. The summed E-state index contributed by atoms with van der Waals surface area (Å²) in [6.45, 7) is 11.9. The number of fused-ring (bicyclic) bond motifs is 5. The molecule has 31 heavy (non-hydrogen) atoms. The first-order valence-electron chi connectivity index (χ1n) is 13.2. The summed E-state index contributed by atoms with van der Waals surface area (Å²) in [6.07, 6.45) is 16.5. The second kappa shape index (κ2) is 8.56. The topological polar surface area (TPSA) is 40.5 Å². The van der Waals surface area contributed by atoms with Gasteiger partial charge in [0, 0.05) is 0 Å². The Kier molecular flexibility index (Phi) is 6.77. The average Bonchev–Trinajstić information content (AvgIpc) is 3.04. The molecule has 4 aliphatic carbocycles. The minimum atomic E-state index is -0.515. The summed E-state index contributed by atoms with van der Waals surface area (Å²) in [4.78, 5) is 0. The molecule has 3 saturated carbocycles. The summed E-state index contributed by atoms with van der Waals surface area (Å²) in [5.41, 5.74) is 1.90. The van der Waals surface area contributed by atoms with Crippen LogP contribution in [0.4, 0.5) is 0 Å². The first-order valence-corrected chi connectivity index (χ1v) is 14.3. The van der Waals surface area contributed by atoms with Crippen LogP contribution in [0.25, 0.3) is 0 Å².